The third kappa shape index (κ3) is 15.4. The highest BCUT2D eigenvalue weighted by Gasteiger charge is 2.26. The van der Waals surface area contributed by atoms with E-state index in [4.69, 9.17) is 87.6 Å². The monoisotopic (exact) mass is 1510 g/mol. The van der Waals surface area contributed by atoms with Crippen molar-refractivity contribution < 1.29 is 47.7 Å². The van der Waals surface area contributed by atoms with E-state index < -0.39 is 0 Å². The number of aromatic amines is 4. The van der Waals surface area contributed by atoms with Gasteiger partial charge in [-0.05, 0) is 95.1 Å². The van der Waals surface area contributed by atoms with E-state index in [0.717, 1.165) is 122 Å². The Morgan fingerprint density at radius 2 is 0.544 bits per heavy atom. The van der Waals surface area contributed by atoms with E-state index in [2.05, 4.69) is 153 Å². The van der Waals surface area contributed by atoms with Crippen LogP contribution in [0.25, 0.3) is 181 Å². The van der Waals surface area contributed by atoms with Gasteiger partial charge in [0.2, 0.25) is 0 Å². The van der Waals surface area contributed by atoms with Crippen LogP contribution in [-0.4, -0.2) is 171 Å². The predicted octanol–water partition coefficient (Wildman–Crippen LogP) is 17.4. The fourth-order valence-corrected chi connectivity index (χ4v) is 14.7. The van der Waals surface area contributed by atoms with Gasteiger partial charge in [0.25, 0.3) is 0 Å². The lowest BCUT2D eigenvalue weighted by Crippen LogP contribution is -2.14. The maximum Gasteiger partial charge on any atom is 0.164 e. The minimum absolute atomic E-state index is 0.0375. The predicted molar refractivity (Wildman–Crippen MR) is 445 cm³/mol. The van der Waals surface area contributed by atoms with Crippen LogP contribution in [0.4, 0.5) is 0 Å². The zero-order chi connectivity index (χ0) is 76.4. The molecule has 8 aromatic carbocycles. The Hall–Kier alpha value is -13.2. The molecule has 0 fully saturated rings. The second kappa shape index (κ2) is 33.8. The zero-order valence-electron chi connectivity index (χ0n) is 62.2. The molecule has 18 rings (SSSR count). The van der Waals surface area contributed by atoms with Gasteiger partial charge < -0.3 is 67.7 Å². The van der Waals surface area contributed by atoms with Gasteiger partial charge in [0, 0.05) is 77.3 Å². The zero-order valence-corrected chi connectivity index (χ0v) is 62.2. The molecule has 0 unspecified atom stereocenters. The van der Waals surface area contributed by atoms with Crippen LogP contribution in [0.3, 0.4) is 0 Å². The summed E-state index contributed by atoms with van der Waals surface area (Å²) < 4.78 is 54.4. The van der Waals surface area contributed by atoms with Crippen LogP contribution in [-0.2, 0) is 28.4 Å². The lowest BCUT2D eigenvalue weighted by molar-refractivity contribution is 0.00366. The van der Waals surface area contributed by atoms with Gasteiger partial charge in [-0.1, -0.05) is 176 Å². The molecule has 114 heavy (non-hydrogen) atoms. The summed E-state index contributed by atoms with van der Waals surface area (Å²) in [6.45, 7) is 4.75. The standard InChI is InChI=1S/C92H78N12O10/c105-42-43-106-44-45-107-47-50-110-53-56-113-77-40-41-78(84-83(77)91-102-89-67-26-14-12-24-65(67)87(100-89)98-85-63-22-10-11-23-64(63)86(97-85)99-88-66-25-13-15-27-68(66)90(101-88)103-92(84)104-91)114-57-54-111-51-48-108-46-49-109-52-55-112-62-30-28-61(29-31-62)82-75-38-36-73(95-75)80(59-18-6-2-7-19-59)71-34-32-69(93-71)79(58-16-4-1-5-17-58)70-33-35-72(94-70)81(60-20-8-3-9-21-60)74-37-39-76(82)96-74/h1-41,93,96,105H,42-57H2,(H2,97,98,99,100,101,102,103,104). The Bertz CT molecular complexity index is 6250. The third-order valence-corrected chi connectivity index (χ3v) is 19.9. The second-order valence-corrected chi connectivity index (χ2v) is 27.1. The van der Waals surface area contributed by atoms with E-state index in [1.54, 1.807) is 0 Å². The van der Waals surface area contributed by atoms with Gasteiger partial charge in [0.1, 0.15) is 59.7 Å². The SMILES string of the molecule is OCCOCCOCCOCCOc1ccc(OCCOCCOCCOCCOc2ccc(-c3c4nc(c(-c5ccccc5)c5ccc([nH]5)c(-c5ccccc5)c5nc(c(-c6ccccc6)c6ccc3[nH]6)C=C5)C=C4)cc2)c2c3nc4nc(nc5[nH]c(nc6nc(nc([nH]3)c12)-c1ccccc1-6)c1ccccc51)-c1ccccc1-4. The Balaban J connectivity index is 0.548. The number of ether oxygens (including phenoxy) is 9. The highest BCUT2D eigenvalue weighted by molar-refractivity contribution is 6.12. The molecular weight excluding hydrogens is 1430 g/mol. The minimum atomic E-state index is -0.0375. The quantitative estimate of drug-likeness (QED) is 0.0262. The normalized spacial score (nSPS) is 12.1. The number of nitrogens with one attached hydrogen (secondary N) is 4. The summed E-state index contributed by atoms with van der Waals surface area (Å²) in [6, 6.07) is 75.5. The molecule has 0 saturated carbocycles. The number of rotatable bonds is 30. The van der Waals surface area contributed by atoms with E-state index in [9.17, 15) is 0 Å². The molecule has 16 bridgehead atoms. The van der Waals surface area contributed by atoms with Crippen molar-refractivity contribution in [2.24, 2.45) is 0 Å². The molecule has 22 heteroatoms. The molecular formula is C92H78N12O10. The summed E-state index contributed by atoms with van der Waals surface area (Å²) in [5.74, 6) is 3.57. The lowest BCUT2D eigenvalue weighted by Gasteiger charge is -2.12. The summed E-state index contributed by atoms with van der Waals surface area (Å²) in [4.78, 5) is 56.8. The van der Waals surface area contributed by atoms with Gasteiger partial charge in [0.05, 0.1) is 119 Å². The van der Waals surface area contributed by atoms with E-state index in [0.29, 0.717) is 140 Å². The largest absolute Gasteiger partial charge is 0.491 e. The van der Waals surface area contributed by atoms with Crippen molar-refractivity contribution in [3.05, 3.63) is 247 Å². The van der Waals surface area contributed by atoms with Gasteiger partial charge in [-0.2, -0.15) is 0 Å². The molecule has 10 heterocycles. The van der Waals surface area contributed by atoms with Crippen LogP contribution in [0.5, 0.6) is 17.2 Å². The van der Waals surface area contributed by atoms with E-state index in [-0.39, 0.29) is 39.6 Å². The number of aliphatic hydroxyl groups excluding tert-OH is 1. The van der Waals surface area contributed by atoms with Gasteiger partial charge in [0.15, 0.2) is 23.3 Å². The average molecular weight is 1510 g/mol. The fourth-order valence-electron chi connectivity index (χ4n) is 14.7. The molecule has 566 valence electrons. The van der Waals surface area contributed by atoms with Crippen LogP contribution < -0.4 is 14.2 Å². The second-order valence-electron chi connectivity index (χ2n) is 27.1. The first kappa shape index (κ1) is 72.4. The highest BCUT2D eigenvalue weighted by atomic mass is 16.6. The van der Waals surface area contributed by atoms with E-state index >= 15 is 0 Å². The van der Waals surface area contributed by atoms with Crippen molar-refractivity contribution >= 4 is 90.5 Å². The number of hydrogen-bond donors (Lipinski definition) is 5. The van der Waals surface area contributed by atoms with Gasteiger partial charge >= 0.3 is 0 Å². The number of nitrogens with zero attached hydrogens (tertiary/aromatic N) is 8. The topological polar surface area (TPSA) is 270 Å². The van der Waals surface area contributed by atoms with Crippen LogP contribution >= 0.6 is 0 Å². The van der Waals surface area contributed by atoms with Crippen LogP contribution in [0.15, 0.2) is 224 Å². The molecule has 0 radical (unpaired) electrons. The number of H-pyrrole nitrogens is 4. The van der Waals surface area contributed by atoms with Crippen LogP contribution in [0.1, 0.15) is 22.8 Å². The van der Waals surface area contributed by atoms with Crippen molar-refractivity contribution in [1.29, 1.82) is 0 Å². The Morgan fingerprint density at radius 1 is 0.246 bits per heavy atom. The Kier molecular flexibility index (Phi) is 21.5. The molecule has 0 aliphatic carbocycles. The minimum Gasteiger partial charge on any atom is -0.491 e. The number of benzene rings is 8. The summed E-state index contributed by atoms with van der Waals surface area (Å²) in [5, 5.41) is 12.0. The van der Waals surface area contributed by atoms with Crippen molar-refractivity contribution in [3.63, 3.8) is 0 Å². The molecule has 0 saturated heterocycles. The molecule has 0 spiro atoms. The number of aromatic nitrogens is 12. The molecule has 5 N–H and O–H groups in total. The summed E-state index contributed by atoms with van der Waals surface area (Å²) in [6.07, 6.45) is 8.46. The number of hydrogen-bond acceptors (Lipinski definition) is 18. The van der Waals surface area contributed by atoms with Crippen molar-refractivity contribution in [3.8, 4) is 107 Å². The third-order valence-electron chi connectivity index (χ3n) is 19.9. The highest BCUT2D eigenvalue weighted by Crippen LogP contribution is 2.44. The van der Waals surface area contributed by atoms with Crippen molar-refractivity contribution in [1.82, 2.24) is 59.8 Å². The average Bonchev–Trinajstić information content (AvgIpc) is 1.59. The summed E-state index contributed by atoms with van der Waals surface area (Å²) in [7, 11) is 0. The summed E-state index contributed by atoms with van der Waals surface area (Å²) >= 11 is 0. The van der Waals surface area contributed by atoms with Gasteiger partial charge in [-0.3, -0.25) is 0 Å². The number of aliphatic hydroxyl groups is 1. The first-order valence-electron chi connectivity index (χ1n) is 38.2. The van der Waals surface area contributed by atoms with Gasteiger partial charge in [-0.15, -0.1) is 0 Å². The maximum atomic E-state index is 9.01. The molecule has 6 aromatic heterocycles. The van der Waals surface area contributed by atoms with E-state index in [1.807, 2.05) is 115 Å². The smallest absolute Gasteiger partial charge is 0.164 e. The first-order valence-corrected chi connectivity index (χ1v) is 38.2. The fraction of sp³-hybridized carbons (Fsp3) is 0.174. The van der Waals surface area contributed by atoms with Crippen LogP contribution in [0.2, 0.25) is 0 Å². The molecule has 4 aliphatic rings. The van der Waals surface area contributed by atoms with Crippen molar-refractivity contribution in [2.45, 2.75) is 0 Å². The Labute approximate surface area is 654 Å². The lowest BCUT2D eigenvalue weighted by atomic mass is 10.0. The summed E-state index contributed by atoms with van der Waals surface area (Å²) in [5.41, 5.74) is 20.4. The Morgan fingerprint density at radius 3 is 0.904 bits per heavy atom. The van der Waals surface area contributed by atoms with Crippen molar-refractivity contribution in [2.75, 3.05) is 106 Å². The molecule has 22 nitrogen and oxygen atoms in total. The van der Waals surface area contributed by atoms with E-state index in [1.165, 1.54) is 0 Å². The molecule has 4 aliphatic heterocycles. The van der Waals surface area contributed by atoms with Gasteiger partial charge in [-0.25, -0.2) is 39.9 Å². The number of fused-ring (bicyclic) bond motifs is 28. The molecule has 0 atom stereocenters. The maximum absolute atomic E-state index is 9.01. The molecule has 14 aromatic rings. The van der Waals surface area contributed by atoms with Crippen LogP contribution in [0, 0.1) is 0 Å². The first-order chi connectivity index (χ1) is 56.5. The molecule has 0 amide bonds.